The van der Waals surface area contributed by atoms with Crippen molar-refractivity contribution >= 4 is 11.7 Å². The van der Waals surface area contributed by atoms with Gasteiger partial charge in [0.05, 0.1) is 0 Å². The van der Waals surface area contributed by atoms with Crippen molar-refractivity contribution in [3.63, 3.8) is 0 Å². The smallest absolute Gasteiger partial charge is 0.251 e. The fraction of sp³-hybridized carbons (Fsp3) is 0.647. The van der Waals surface area contributed by atoms with Crippen LogP contribution < -0.4 is 11.1 Å². The molecule has 0 aliphatic heterocycles. The van der Waals surface area contributed by atoms with E-state index in [9.17, 15) is 4.79 Å². The van der Waals surface area contributed by atoms with Crippen LogP contribution in [0, 0.1) is 11.8 Å². The van der Waals surface area contributed by atoms with Gasteiger partial charge < -0.3 is 11.1 Å². The fourth-order valence-corrected chi connectivity index (χ4v) is 2.83. The van der Waals surface area contributed by atoms with Crippen LogP contribution in [0.2, 0.25) is 0 Å². The Balaban J connectivity index is 1.78. The van der Waals surface area contributed by atoms with Crippen LogP contribution >= 0.6 is 0 Å². The number of carbonyl (C=O) groups is 1. The predicted octanol–water partition coefficient (Wildman–Crippen LogP) is 2.88. The summed E-state index contributed by atoms with van der Waals surface area (Å²) in [4.78, 5) is 16.9. The molecule has 0 bridgehead atoms. The molecule has 1 amide bonds. The standard InChI is InChI=1S/C17H25N3O/c1-17(2,3)13-8-12(9-14(18)19-13)16(21)20-15(10-4-5-10)11-6-7-11/h8-11,15H,4-7H2,1-3H3,(H2,18,19)(H,20,21). The number of pyridine rings is 1. The number of aromatic nitrogens is 1. The number of nitrogen functional groups attached to an aromatic ring is 1. The van der Waals surface area contributed by atoms with Gasteiger partial charge >= 0.3 is 0 Å². The molecule has 1 aromatic heterocycles. The van der Waals surface area contributed by atoms with Crippen LogP contribution in [0.1, 0.15) is 62.5 Å². The Morgan fingerprint density at radius 3 is 2.29 bits per heavy atom. The maximum absolute atomic E-state index is 12.6. The van der Waals surface area contributed by atoms with Crippen molar-refractivity contribution in [2.75, 3.05) is 5.73 Å². The molecule has 0 atom stereocenters. The lowest BCUT2D eigenvalue weighted by atomic mass is 9.90. The van der Waals surface area contributed by atoms with E-state index in [2.05, 4.69) is 31.1 Å². The lowest BCUT2D eigenvalue weighted by molar-refractivity contribution is 0.0926. The second-order valence-electron chi connectivity index (χ2n) is 7.59. The van der Waals surface area contributed by atoms with Crippen LogP contribution in [-0.4, -0.2) is 16.9 Å². The highest BCUT2D eigenvalue weighted by atomic mass is 16.1. The van der Waals surface area contributed by atoms with Crippen molar-refractivity contribution in [3.05, 3.63) is 23.4 Å². The van der Waals surface area contributed by atoms with E-state index >= 15 is 0 Å². The van der Waals surface area contributed by atoms with E-state index < -0.39 is 0 Å². The third-order valence-electron chi connectivity index (χ3n) is 4.43. The molecule has 4 heteroatoms. The second kappa shape index (κ2) is 5.00. The van der Waals surface area contributed by atoms with Crippen molar-refractivity contribution in [2.24, 2.45) is 11.8 Å². The first-order valence-corrected chi connectivity index (χ1v) is 7.93. The van der Waals surface area contributed by atoms with E-state index in [1.807, 2.05) is 6.07 Å². The Labute approximate surface area is 126 Å². The Hall–Kier alpha value is -1.58. The summed E-state index contributed by atoms with van der Waals surface area (Å²) in [6.45, 7) is 6.23. The highest BCUT2D eigenvalue weighted by Gasteiger charge is 2.42. The zero-order valence-electron chi connectivity index (χ0n) is 13.1. The minimum absolute atomic E-state index is 0.00148. The van der Waals surface area contributed by atoms with E-state index in [1.54, 1.807) is 6.07 Å². The number of hydrogen-bond acceptors (Lipinski definition) is 3. The van der Waals surface area contributed by atoms with Crippen LogP contribution in [0.15, 0.2) is 12.1 Å². The summed E-state index contributed by atoms with van der Waals surface area (Å²) in [6.07, 6.45) is 5.03. The van der Waals surface area contributed by atoms with Crippen molar-refractivity contribution in [1.82, 2.24) is 10.3 Å². The molecular weight excluding hydrogens is 262 g/mol. The number of carbonyl (C=O) groups excluding carboxylic acids is 1. The normalized spacial score (nSPS) is 18.9. The number of amides is 1. The maximum Gasteiger partial charge on any atom is 0.251 e. The summed E-state index contributed by atoms with van der Waals surface area (Å²) in [5.74, 6) is 1.81. The Morgan fingerprint density at radius 2 is 1.81 bits per heavy atom. The van der Waals surface area contributed by atoms with Crippen molar-refractivity contribution < 1.29 is 4.79 Å². The molecule has 21 heavy (non-hydrogen) atoms. The van der Waals surface area contributed by atoms with Crippen LogP contribution in [0.5, 0.6) is 0 Å². The average Bonchev–Trinajstić information content (AvgIpc) is 3.26. The molecular formula is C17H25N3O. The van der Waals surface area contributed by atoms with Crippen LogP contribution in [0.3, 0.4) is 0 Å². The van der Waals surface area contributed by atoms with E-state index in [0.29, 0.717) is 29.3 Å². The molecule has 2 saturated carbocycles. The van der Waals surface area contributed by atoms with Gasteiger partial charge in [0.1, 0.15) is 5.82 Å². The number of hydrogen-bond donors (Lipinski definition) is 2. The van der Waals surface area contributed by atoms with Crippen molar-refractivity contribution in [3.8, 4) is 0 Å². The Morgan fingerprint density at radius 1 is 1.24 bits per heavy atom. The third kappa shape index (κ3) is 3.36. The molecule has 4 nitrogen and oxygen atoms in total. The van der Waals surface area contributed by atoms with Gasteiger partial charge in [-0.05, 0) is 49.7 Å². The molecule has 0 saturated heterocycles. The summed E-state index contributed by atoms with van der Waals surface area (Å²) < 4.78 is 0. The van der Waals surface area contributed by atoms with Gasteiger partial charge in [0.25, 0.3) is 5.91 Å². The van der Waals surface area contributed by atoms with Crippen LogP contribution in [0.4, 0.5) is 5.82 Å². The monoisotopic (exact) mass is 287 g/mol. The molecule has 2 fully saturated rings. The SMILES string of the molecule is CC(C)(C)c1cc(C(=O)NC(C2CC2)C2CC2)cc(N)n1. The molecule has 2 aliphatic rings. The molecule has 0 unspecified atom stereocenters. The van der Waals surface area contributed by atoms with E-state index in [0.717, 1.165) is 5.69 Å². The van der Waals surface area contributed by atoms with Crippen LogP contribution in [-0.2, 0) is 5.41 Å². The van der Waals surface area contributed by atoms with Gasteiger partial charge in [-0.25, -0.2) is 4.98 Å². The molecule has 1 heterocycles. The molecule has 0 spiro atoms. The lowest BCUT2D eigenvalue weighted by Crippen LogP contribution is -2.38. The summed E-state index contributed by atoms with van der Waals surface area (Å²) in [5.41, 5.74) is 7.26. The first-order chi connectivity index (χ1) is 9.84. The highest BCUT2D eigenvalue weighted by Crippen LogP contribution is 2.44. The topological polar surface area (TPSA) is 68.0 Å². The number of nitrogens with zero attached hydrogens (tertiary/aromatic N) is 1. The lowest BCUT2D eigenvalue weighted by Gasteiger charge is -2.21. The number of nitrogens with one attached hydrogen (secondary N) is 1. The van der Waals surface area contributed by atoms with E-state index in [4.69, 9.17) is 5.73 Å². The maximum atomic E-state index is 12.6. The molecule has 0 radical (unpaired) electrons. The highest BCUT2D eigenvalue weighted by molar-refractivity contribution is 5.95. The zero-order valence-corrected chi connectivity index (χ0v) is 13.1. The molecule has 3 N–H and O–H groups in total. The summed E-state index contributed by atoms with van der Waals surface area (Å²) in [6, 6.07) is 3.93. The quantitative estimate of drug-likeness (QED) is 0.894. The van der Waals surface area contributed by atoms with Crippen molar-refractivity contribution in [1.29, 1.82) is 0 Å². The van der Waals surface area contributed by atoms with Gasteiger partial charge in [-0.3, -0.25) is 4.79 Å². The van der Waals surface area contributed by atoms with E-state index in [-0.39, 0.29) is 11.3 Å². The second-order valence-corrected chi connectivity index (χ2v) is 7.59. The summed E-state index contributed by atoms with van der Waals surface area (Å²) in [5, 5.41) is 3.24. The minimum Gasteiger partial charge on any atom is -0.384 e. The zero-order chi connectivity index (χ0) is 15.2. The number of rotatable bonds is 4. The molecule has 114 valence electrons. The first kappa shape index (κ1) is 14.4. The summed E-state index contributed by atoms with van der Waals surface area (Å²) in [7, 11) is 0. The number of nitrogens with two attached hydrogens (primary N) is 1. The van der Waals surface area contributed by atoms with Gasteiger partial charge in [-0.2, -0.15) is 0 Å². The molecule has 3 rings (SSSR count). The van der Waals surface area contributed by atoms with Gasteiger partial charge in [-0.15, -0.1) is 0 Å². The van der Waals surface area contributed by atoms with Gasteiger partial charge in [0, 0.05) is 22.7 Å². The van der Waals surface area contributed by atoms with E-state index in [1.165, 1.54) is 25.7 Å². The fourth-order valence-electron chi connectivity index (χ4n) is 2.83. The molecule has 0 aromatic carbocycles. The third-order valence-corrected chi connectivity index (χ3v) is 4.43. The Kier molecular flexibility index (Phi) is 3.42. The van der Waals surface area contributed by atoms with Gasteiger partial charge in [0.15, 0.2) is 0 Å². The largest absolute Gasteiger partial charge is 0.384 e. The minimum atomic E-state index is -0.114. The van der Waals surface area contributed by atoms with Gasteiger partial charge in [-0.1, -0.05) is 20.8 Å². The number of anilines is 1. The Bertz CT molecular complexity index is 542. The van der Waals surface area contributed by atoms with Crippen LogP contribution in [0.25, 0.3) is 0 Å². The predicted molar refractivity (Wildman–Crippen MR) is 84.1 cm³/mol. The molecule has 1 aromatic rings. The molecule has 2 aliphatic carbocycles. The first-order valence-electron chi connectivity index (χ1n) is 7.93. The summed E-state index contributed by atoms with van der Waals surface area (Å²) >= 11 is 0. The van der Waals surface area contributed by atoms with Crippen molar-refractivity contribution in [2.45, 2.75) is 57.9 Å². The average molecular weight is 287 g/mol. The van der Waals surface area contributed by atoms with Gasteiger partial charge in [0.2, 0.25) is 0 Å².